The largest absolute Gasteiger partial charge is 0.473 e. The second kappa shape index (κ2) is 13.6. The zero-order valence-electron chi connectivity index (χ0n) is 16.4. The number of carbonyl (C=O) groups excluding carboxylic acids is 1. The molecule has 0 spiro atoms. The van der Waals surface area contributed by atoms with Gasteiger partial charge < -0.3 is 30.7 Å². The lowest BCUT2D eigenvalue weighted by Gasteiger charge is -2.29. The summed E-state index contributed by atoms with van der Waals surface area (Å²) in [5.74, 6) is -3.68. The number of anilines is 1. The van der Waals surface area contributed by atoms with Crippen LogP contribution >= 0.6 is 0 Å². The summed E-state index contributed by atoms with van der Waals surface area (Å²) < 4.78 is 5.29. The Labute approximate surface area is 169 Å². The summed E-state index contributed by atoms with van der Waals surface area (Å²) in [5, 5.41) is 30.9. The number of carbonyl (C=O) groups is 3. The van der Waals surface area contributed by atoms with Gasteiger partial charge in [0.1, 0.15) is 0 Å². The number of carboxylic acid groups (broad SMARTS) is 2. The second-order valence-electron chi connectivity index (χ2n) is 6.60. The van der Waals surface area contributed by atoms with E-state index in [1.54, 1.807) is 0 Å². The molecular weight excluding hydrogens is 382 g/mol. The topological polar surface area (TPSA) is 148 Å². The number of benzene rings is 1. The molecule has 1 aliphatic heterocycles. The highest BCUT2D eigenvalue weighted by atomic mass is 16.5. The van der Waals surface area contributed by atoms with Gasteiger partial charge in [0.15, 0.2) is 0 Å². The minimum atomic E-state index is -1.82. The first kappa shape index (κ1) is 24.5. The summed E-state index contributed by atoms with van der Waals surface area (Å²) in [6, 6.07) is 9.43. The first-order valence-corrected chi connectivity index (χ1v) is 9.30. The summed E-state index contributed by atoms with van der Waals surface area (Å²) in [6.45, 7) is 6.27. The summed E-state index contributed by atoms with van der Waals surface area (Å²) >= 11 is 0. The SMILES string of the molecule is CC(CC(=O)Nc1ccccc1)NCC(O)CN1CCOCC1.O=C(O)C(=O)O. The average molecular weight is 411 g/mol. The highest BCUT2D eigenvalue weighted by molar-refractivity contribution is 6.27. The van der Waals surface area contributed by atoms with Crippen LogP contribution in [0.3, 0.4) is 0 Å². The van der Waals surface area contributed by atoms with E-state index in [2.05, 4.69) is 15.5 Å². The van der Waals surface area contributed by atoms with E-state index in [-0.39, 0.29) is 11.9 Å². The number of ether oxygens (including phenoxy) is 1. The van der Waals surface area contributed by atoms with Gasteiger partial charge in [-0.25, -0.2) is 9.59 Å². The maximum absolute atomic E-state index is 11.9. The first-order chi connectivity index (χ1) is 13.8. The van der Waals surface area contributed by atoms with E-state index in [1.165, 1.54) is 0 Å². The fourth-order valence-corrected chi connectivity index (χ4v) is 2.57. The molecule has 162 valence electrons. The van der Waals surface area contributed by atoms with Crippen LogP contribution < -0.4 is 10.6 Å². The molecule has 29 heavy (non-hydrogen) atoms. The third-order valence-corrected chi connectivity index (χ3v) is 4.01. The maximum atomic E-state index is 11.9. The van der Waals surface area contributed by atoms with E-state index in [9.17, 15) is 9.90 Å². The molecule has 1 aliphatic rings. The van der Waals surface area contributed by atoms with Crippen molar-refractivity contribution in [1.29, 1.82) is 0 Å². The lowest BCUT2D eigenvalue weighted by Crippen LogP contribution is -2.45. The molecule has 2 unspecified atom stereocenters. The molecule has 0 saturated carbocycles. The quantitative estimate of drug-likeness (QED) is 0.368. The fraction of sp³-hybridized carbons (Fsp3) is 0.526. The number of nitrogens with one attached hydrogen (secondary N) is 2. The standard InChI is InChI=1S/C17H27N3O3.C2H2O4/c1-14(11-17(22)19-15-5-3-2-4-6-15)18-12-16(21)13-20-7-9-23-10-8-20;3-1(4)2(5)6/h2-6,14,16,18,21H,7-13H2,1H3,(H,19,22);(H,3,4)(H,5,6). The van der Waals surface area contributed by atoms with Crippen molar-refractivity contribution in [2.45, 2.75) is 25.5 Å². The van der Waals surface area contributed by atoms with Crippen molar-refractivity contribution in [3.8, 4) is 0 Å². The summed E-state index contributed by atoms with van der Waals surface area (Å²) in [4.78, 5) is 32.3. The lowest BCUT2D eigenvalue weighted by molar-refractivity contribution is -0.159. The molecule has 10 nitrogen and oxygen atoms in total. The Balaban J connectivity index is 0.000000612. The fourth-order valence-electron chi connectivity index (χ4n) is 2.57. The van der Waals surface area contributed by atoms with Gasteiger partial charge in [-0.05, 0) is 19.1 Å². The Morgan fingerprint density at radius 1 is 1.10 bits per heavy atom. The summed E-state index contributed by atoms with van der Waals surface area (Å²) in [5.41, 5.74) is 0.803. The van der Waals surface area contributed by atoms with Gasteiger partial charge in [-0.3, -0.25) is 9.69 Å². The first-order valence-electron chi connectivity index (χ1n) is 9.30. The van der Waals surface area contributed by atoms with Crippen LogP contribution in [0.1, 0.15) is 13.3 Å². The number of para-hydroxylation sites is 1. The van der Waals surface area contributed by atoms with Crippen molar-refractivity contribution < 1.29 is 34.4 Å². The smallest absolute Gasteiger partial charge is 0.414 e. The normalized spacial score (nSPS) is 16.1. The van der Waals surface area contributed by atoms with Crippen molar-refractivity contribution in [3.05, 3.63) is 30.3 Å². The van der Waals surface area contributed by atoms with Gasteiger partial charge >= 0.3 is 11.9 Å². The van der Waals surface area contributed by atoms with Gasteiger partial charge in [0.05, 0.1) is 19.3 Å². The van der Waals surface area contributed by atoms with E-state index in [1.807, 2.05) is 37.3 Å². The Morgan fingerprint density at radius 3 is 2.24 bits per heavy atom. The number of hydrogen-bond acceptors (Lipinski definition) is 7. The van der Waals surface area contributed by atoms with Crippen molar-refractivity contribution in [3.63, 3.8) is 0 Å². The van der Waals surface area contributed by atoms with E-state index in [4.69, 9.17) is 24.5 Å². The zero-order valence-corrected chi connectivity index (χ0v) is 16.4. The van der Waals surface area contributed by atoms with E-state index in [0.717, 1.165) is 32.0 Å². The van der Waals surface area contributed by atoms with Crippen molar-refractivity contribution in [2.24, 2.45) is 0 Å². The third kappa shape index (κ3) is 11.8. The highest BCUT2D eigenvalue weighted by Gasteiger charge is 2.16. The predicted octanol–water partition coefficient (Wildman–Crippen LogP) is -0.158. The van der Waals surface area contributed by atoms with Crippen LogP contribution in [0, 0.1) is 0 Å². The molecule has 1 heterocycles. The molecule has 0 radical (unpaired) electrons. The molecule has 10 heteroatoms. The second-order valence-corrected chi connectivity index (χ2v) is 6.60. The van der Waals surface area contributed by atoms with E-state index < -0.39 is 18.0 Å². The zero-order chi connectivity index (χ0) is 21.6. The van der Waals surface area contributed by atoms with Crippen LogP contribution in [0.5, 0.6) is 0 Å². The number of β-amino-alcohol motifs (C(OH)–C–C–N with tert-alkyl or cyclic N) is 1. The van der Waals surface area contributed by atoms with Crippen LogP contribution in [0.25, 0.3) is 0 Å². The summed E-state index contributed by atoms with van der Waals surface area (Å²) in [7, 11) is 0. The number of rotatable bonds is 8. The molecule has 1 fully saturated rings. The number of aliphatic hydroxyl groups excluding tert-OH is 1. The van der Waals surface area contributed by atoms with Crippen LogP contribution in [0.4, 0.5) is 5.69 Å². The molecule has 2 rings (SSSR count). The van der Waals surface area contributed by atoms with Gasteiger partial charge in [0.25, 0.3) is 0 Å². The van der Waals surface area contributed by atoms with Crippen LogP contribution in [0.2, 0.25) is 0 Å². The number of carboxylic acids is 2. The Bertz CT molecular complexity index is 624. The van der Waals surface area contributed by atoms with Gasteiger partial charge in [-0.1, -0.05) is 18.2 Å². The minimum Gasteiger partial charge on any atom is -0.473 e. The molecule has 1 aromatic carbocycles. The maximum Gasteiger partial charge on any atom is 0.414 e. The predicted molar refractivity (Wildman–Crippen MR) is 106 cm³/mol. The Kier molecular flexibility index (Phi) is 11.5. The van der Waals surface area contributed by atoms with E-state index in [0.29, 0.717) is 19.5 Å². The minimum absolute atomic E-state index is 0.0121. The number of amides is 1. The molecule has 0 aromatic heterocycles. The number of hydrogen-bond donors (Lipinski definition) is 5. The lowest BCUT2D eigenvalue weighted by atomic mass is 10.2. The number of aliphatic hydroxyl groups is 1. The number of aliphatic carboxylic acids is 2. The molecule has 5 N–H and O–H groups in total. The van der Waals surface area contributed by atoms with Gasteiger partial charge in [0, 0.05) is 44.3 Å². The number of morpholine rings is 1. The molecule has 2 atom stereocenters. The average Bonchev–Trinajstić information content (AvgIpc) is 2.68. The van der Waals surface area contributed by atoms with Crippen LogP contribution in [-0.2, 0) is 19.1 Å². The Hall–Kier alpha value is -2.53. The molecule has 1 amide bonds. The molecule has 1 saturated heterocycles. The Morgan fingerprint density at radius 2 is 1.69 bits per heavy atom. The van der Waals surface area contributed by atoms with E-state index >= 15 is 0 Å². The van der Waals surface area contributed by atoms with Crippen LogP contribution in [0.15, 0.2) is 30.3 Å². The highest BCUT2D eigenvalue weighted by Crippen LogP contribution is 2.06. The molecule has 0 bridgehead atoms. The monoisotopic (exact) mass is 411 g/mol. The molecule has 0 aliphatic carbocycles. The van der Waals surface area contributed by atoms with Gasteiger partial charge in [-0.2, -0.15) is 0 Å². The van der Waals surface area contributed by atoms with Gasteiger partial charge in [-0.15, -0.1) is 0 Å². The van der Waals surface area contributed by atoms with Crippen LogP contribution in [-0.4, -0.2) is 89.6 Å². The number of nitrogens with zero attached hydrogens (tertiary/aromatic N) is 1. The van der Waals surface area contributed by atoms with Gasteiger partial charge in [0.2, 0.25) is 5.91 Å². The molecular formula is C19H29N3O7. The summed E-state index contributed by atoms with van der Waals surface area (Å²) in [6.07, 6.45) is -0.0631. The van der Waals surface area contributed by atoms with Crippen molar-refractivity contribution >= 4 is 23.5 Å². The van der Waals surface area contributed by atoms with Crippen molar-refractivity contribution in [1.82, 2.24) is 10.2 Å². The molecule has 1 aromatic rings. The van der Waals surface area contributed by atoms with Crippen molar-refractivity contribution in [2.75, 3.05) is 44.7 Å². The third-order valence-electron chi connectivity index (χ3n) is 4.01.